The second kappa shape index (κ2) is 19.1. The summed E-state index contributed by atoms with van der Waals surface area (Å²) >= 11 is 0. The van der Waals surface area contributed by atoms with Gasteiger partial charge < -0.3 is 39.5 Å². The summed E-state index contributed by atoms with van der Waals surface area (Å²) in [6.07, 6.45) is 3.87. The molecule has 0 spiro atoms. The highest BCUT2D eigenvalue weighted by molar-refractivity contribution is 7.58. The number of anilines is 2. The molecule has 4 rings (SSSR count). The van der Waals surface area contributed by atoms with Gasteiger partial charge in [0.15, 0.2) is 11.3 Å². The van der Waals surface area contributed by atoms with Crippen LogP contribution in [0.3, 0.4) is 0 Å². The van der Waals surface area contributed by atoms with Gasteiger partial charge in [0.25, 0.3) is 14.7 Å². The predicted octanol–water partition coefficient (Wildman–Crippen LogP) is 2.96. The lowest BCUT2D eigenvalue weighted by atomic mass is 10.1. The molecule has 4 atom stereocenters. The van der Waals surface area contributed by atoms with Crippen molar-refractivity contribution in [2.75, 3.05) is 77.6 Å². The Morgan fingerprint density at radius 3 is 1.44 bits per heavy atom. The zero-order valence-electron chi connectivity index (χ0n) is 27.2. The summed E-state index contributed by atoms with van der Waals surface area (Å²) < 4.78 is 85.4. The van der Waals surface area contributed by atoms with Gasteiger partial charge in [-0.05, 0) is 13.8 Å². The molecule has 48 heavy (non-hydrogen) atoms. The third-order valence-electron chi connectivity index (χ3n) is 6.44. The summed E-state index contributed by atoms with van der Waals surface area (Å²) in [5, 5.41) is 8.12. The number of nitrogens with zero attached hydrogens (tertiary/aromatic N) is 8. The lowest BCUT2D eigenvalue weighted by Crippen LogP contribution is -2.20. The van der Waals surface area contributed by atoms with Crippen molar-refractivity contribution >= 4 is 37.9 Å². The molecule has 18 nitrogen and oxygen atoms in total. The van der Waals surface area contributed by atoms with E-state index in [4.69, 9.17) is 39.5 Å². The van der Waals surface area contributed by atoms with E-state index in [0.717, 1.165) is 0 Å². The SMILES string of the molecule is CCOP(=O)(COC)CO[C@@H](CF)Cc1cnn2c(N)ncnc12.CCOP(=O)(COC)CO[C@H](CF)Cc1cnn2c(N)ncnc12. The van der Waals surface area contributed by atoms with Crippen LogP contribution in [0.15, 0.2) is 25.0 Å². The van der Waals surface area contributed by atoms with Crippen LogP contribution in [0.2, 0.25) is 0 Å². The second-order valence-corrected chi connectivity index (χ2v) is 14.9. The van der Waals surface area contributed by atoms with Gasteiger partial charge in [-0.15, -0.1) is 0 Å². The molecule has 0 aliphatic carbocycles. The van der Waals surface area contributed by atoms with Crippen LogP contribution in [-0.2, 0) is 50.0 Å². The van der Waals surface area contributed by atoms with Crippen LogP contribution in [-0.4, -0.2) is 118 Å². The highest BCUT2D eigenvalue weighted by atomic mass is 31.2. The number of methoxy groups -OCH3 is 2. The first kappa shape index (κ1) is 39.2. The van der Waals surface area contributed by atoms with Gasteiger partial charge in [0.2, 0.25) is 11.9 Å². The molecule has 4 aromatic heterocycles. The molecule has 4 aromatic rings. The first-order valence-electron chi connectivity index (χ1n) is 14.7. The molecule has 268 valence electrons. The summed E-state index contributed by atoms with van der Waals surface area (Å²) in [4.78, 5) is 15.8. The largest absolute Gasteiger partial charge is 0.375 e. The molecule has 0 radical (unpaired) electrons. The summed E-state index contributed by atoms with van der Waals surface area (Å²) in [5.74, 6) is 0.370. The highest BCUT2D eigenvalue weighted by Gasteiger charge is 2.27. The first-order valence-corrected chi connectivity index (χ1v) is 18.7. The van der Waals surface area contributed by atoms with E-state index >= 15 is 0 Å². The summed E-state index contributed by atoms with van der Waals surface area (Å²) in [6, 6.07) is 0. The van der Waals surface area contributed by atoms with E-state index in [0.29, 0.717) is 22.4 Å². The molecule has 0 aliphatic rings. The number of rotatable bonds is 20. The molecule has 4 N–H and O–H groups in total. The molecule has 22 heteroatoms. The maximum absolute atomic E-state index is 13.3. The Bertz CT molecular complexity index is 1530. The van der Waals surface area contributed by atoms with Crippen molar-refractivity contribution in [1.29, 1.82) is 0 Å². The van der Waals surface area contributed by atoms with Gasteiger partial charge in [-0.1, -0.05) is 0 Å². The van der Waals surface area contributed by atoms with E-state index in [2.05, 4.69) is 30.1 Å². The normalized spacial score (nSPS) is 15.5. The van der Waals surface area contributed by atoms with E-state index in [-0.39, 0.29) is 63.3 Å². The minimum Gasteiger partial charge on any atom is -0.375 e. The van der Waals surface area contributed by atoms with E-state index < -0.39 is 40.3 Å². The lowest BCUT2D eigenvalue weighted by Gasteiger charge is -2.20. The van der Waals surface area contributed by atoms with Gasteiger partial charge in [0, 0.05) is 38.2 Å². The number of halogens is 2. The molecular formula is C26H42F2N10O8P2. The van der Waals surface area contributed by atoms with Crippen LogP contribution in [0, 0.1) is 0 Å². The van der Waals surface area contributed by atoms with Gasteiger partial charge >= 0.3 is 0 Å². The van der Waals surface area contributed by atoms with E-state index in [1.807, 2.05) is 0 Å². The smallest absolute Gasteiger partial charge is 0.252 e. The number of fused-ring (bicyclic) bond motifs is 2. The van der Waals surface area contributed by atoms with Gasteiger partial charge in [-0.25, -0.2) is 28.7 Å². The zero-order chi connectivity index (χ0) is 35.2. The van der Waals surface area contributed by atoms with Crippen molar-refractivity contribution < 1.29 is 45.9 Å². The monoisotopic (exact) mass is 722 g/mol. The summed E-state index contributed by atoms with van der Waals surface area (Å²) in [7, 11) is -3.38. The van der Waals surface area contributed by atoms with Crippen molar-refractivity contribution in [3.05, 3.63) is 36.2 Å². The average molecular weight is 723 g/mol. The number of aromatic nitrogens is 8. The second-order valence-electron chi connectivity index (χ2n) is 10.1. The number of ether oxygens (including phenoxy) is 4. The fraction of sp³-hybridized carbons (Fsp3) is 0.615. The number of hydrogen-bond acceptors (Lipinski definition) is 16. The molecular weight excluding hydrogens is 680 g/mol. The number of alkyl halides is 2. The molecule has 0 aromatic carbocycles. The Hall–Kier alpha value is -3.22. The molecule has 0 saturated carbocycles. The van der Waals surface area contributed by atoms with E-state index in [1.165, 1.54) is 48.3 Å². The molecule has 0 amide bonds. The Morgan fingerprint density at radius 2 is 1.10 bits per heavy atom. The summed E-state index contributed by atoms with van der Waals surface area (Å²) in [5.41, 5.74) is 13.7. The zero-order valence-corrected chi connectivity index (χ0v) is 29.0. The molecule has 0 saturated heterocycles. The molecule has 0 fully saturated rings. The fourth-order valence-electron chi connectivity index (χ4n) is 4.38. The van der Waals surface area contributed by atoms with Crippen LogP contribution in [0.5, 0.6) is 0 Å². The Labute approximate surface area is 275 Å². The number of nitrogens with two attached hydrogens (primary N) is 2. The van der Waals surface area contributed by atoms with Crippen molar-refractivity contribution in [2.45, 2.75) is 38.9 Å². The minimum absolute atomic E-state index is 0.0830. The topological polar surface area (TPSA) is 228 Å². The van der Waals surface area contributed by atoms with Crippen LogP contribution in [0.25, 0.3) is 11.3 Å². The standard InChI is InChI=1S/2C13H21FN5O4P/c2*1-3-23-24(20,8-21-2)9-22-11(5-14)4-10-6-18-19-12(10)16-7-17-13(19)15/h2*6-7,11H,3-5,8-9H2,1-2H3,(H2,15,16,17)/t2*11-,24?/m10/s1. The molecule has 0 bridgehead atoms. The molecule has 2 unspecified atom stereocenters. The Kier molecular flexibility index (Phi) is 15.6. The minimum atomic E-state index is -3.11. The van der Waals surface area contributed by atoms with Crippen molar-refractivity contribution in [3.8, 4) is 0 Å². The van der Waals surface area contributed by atoms with E-state index in [9.17, 15) is 17.9 Å². The van der Waals surface area contributed by atoms with E-state index in [1.54, 1.807) is 13.8 Å². The van der Waals surface area contributed by atoms with Gasteiger partial charge in [-0.3, -0.25) is 9.13 Å². The maximum Gasteiger partial charge on any atom is 0.252 e. The van der Waals surface area contributed by atoms with Crippen LogP contribution >= 0.6 is 14.7 Å². The Balaban J connectivity index is 0.000000260. The first-order chi connectivity index (χ1) is 23.1. The highest BCUT2D eigenvalue weighted by Crippen LogP contribution is 2.47. The van der Waals surface area contributed by atoms with Crippen LogP contribution < -0.4 is 11.5 Å². The Morgan fingerprint density at radius 1 is 0.708 bits per heavy atom. The molecule has 0 aliphatic heterocycles. The maximum atomic E-state index is 13.3. The van der Waals surface area contributed by atoms with Crippen molar-refractivity contribution in [3.63, 3.8) is 0 Å². The predicted molar refractivity (Wildman–Crippen MR) is 171 cm³/mol. The van der Waals surface area contributed by atoms with Crippen molar-refractivity contribution in [1.82, 2.24) is 39.2 Å². The number of nitrogen functional groups attached to an aromatic ring is 2. The third-order valence-corrected chi connectivity index (χ3v) is 10.3. The lowest BCUT2D eigenvalue weighted by molar-refractivity contribution is 0.0568. The quantitative estimate of drug-likeness (QED) is 0.125. The summed E-state index contributed by atoms with van der Waals surface area (Å²) in [6.45, 7) is 2.45. The fourth-order valence-corrected chi connectivity index (χ4v) is 7.43. The van der Waals surface area contributed by atoms with Crippen LogP contribution in [0.1, 0.15) is 25.0 Å². The van der Waals surface area contributed by atoms with Crippen molar-refractivity contribution in [2.24, 2.45) is 0 Å². The van der Waals surface area contributed by atoms with Gasteiger partial charge in [0.1, 0.15) is 51.4 Å². The van der Waals surface area contributed by atoms with Gasteiger partial charge in [0.05, 0.1) is 37.8 Å². The number of hydrogen-bond donors (Lipinski definition) is 2. The van der Waals surface area contributed by atoms with Gasteiger partial charge in [-0.2, -0.15) is 19.2 Å². The van der Waals surface area contributed by atoms with Crippen LogP contribution in [0.4, 0.5) is 20.7 Å². The molecule has 4 heterocycles. The third kappa shape index (κ3) is 10.9. The average Bonchev–Trinajstić information content (AvgIpc) is 3.67.